The van der Waals surface area contributed by atoms with Gasteiger partial charge in [0.25, 0.3) is 5.91 Å². The second-order valence-electron chi connectivity index (χ2n) is 8.56. The number of likely N-dealkylation sites (tertiary alicyclic amines) is 1. The summed E-state index contributed by atoms with van der Waals surface area (Å²) in [5.74, 6) is 0.0697. The van der Waals surface area contributed by atoms with E-state index in [0.717, 1.165) is 24.0 Å². The van der Waals surface area contributed by atoms with Crippen LogP contribution in [-0.2, 0) is 4.79 Å². The Kier molecular flexibility index (Phi) is 5.86. The minimum atomic E-state index is -0.394. The third-order valence-corrected chi connectivity index (χ3v) is 6.24. The molecule has 0 saturated carbocycles. The van der Waals surface area contributed by atoms with E-state index in [4.69, 9.17) is 0 Å². The van der Waals surface area contributed by atoms with Gasteiger partial charge in [-0.05, 0) is 48.9 Å². The first-order chi connectivity index (χ1) is 16.9. The van der Waals surface area contributed by atoms with Crippen molar-refractivity contribution in [2.24, 2.45) is 0 Å². The lowest BCUT2D eigenvalue weighted by Gasteiger charge is -2.23. The van der Waals surface area contributed by atoms with Crippen LogP contribution in [0.25, 0.3) is 22.3 Å². The summed E-state index contributed by atoms with van der Waals surface area (Å²) in [7, 11) is 1.96. The standard InChI is InChI=1S/C25H24FN7O2/c1-15(34)33-10-9-19(14-33)32(2)25-30-20-8-7-18(11-21(20)31-25)29-24(35)23-13-27-22(12-28-23)16-3-5-17(26)6-4-16/h3-8,11-13,19H,9-10,14H2,1-2H3,(H,29,35)(H,30,31). The van der Waals surface area contributed by atoms with Gasteiger partial charge in [0, 0.05) is 38.3 Å². The maximum Gasteiger partial charge on any atom is 0.275 e. The number of halogens is 1. The van der Waals surface area contributed by atoms with Crippen molar-refractivity contribution in [3.05, 3.63) is 66.4 Å². The van der Waals surface area contributed by atoms with Gasteiger partial charge >= 0.3 is 0 Å². The number of likely N-dealkylation sites (N-methyl/N-ethyl adjacent to an activating group) is 1. The van der Waals surface area contributed by atoms with Crippen LogP contribution in [0.3, 0.4) is 0 Å². The normalized spacial score (nSPS) is 15.4. The van der Waals surface area contributed by atoms with E-state index in [1.54, 1.807) is 25.1 Å². The number of aromatic amines is 1. The number of carbonyl (C=O) groups is 2. The molecule has 2 aromatic heterocycles. The van der Waals surface area contributed by atoms with Gasteiger partial charge in [-0.2, -0.15) is 0 Å². The topological polar surface area (TPSA) is 107 Å². The molecule has 0 bridgehead atoms. The van der Waals surface area contributed by atoms with Gasteiger partial charge in [0.1, 0.15) is 11.5 Å². The van der Waals surface area contributed by atoms with Crippen molar-refractivity contribution < 1.29 is 14.0 Å². The monoisotopic (exact) mass is 473 g/mol. The Morgan fingerprint density at radius 3 is 2.63 bits per heavy atom. The molecule has 1 aliphatic heterocycles. The van der Waals surface area contributed by atoms with Crippen LogP contribution >= 0.6 is 0 Å². The highest BCUT2D eigenvalue weighted by Gasteiger charge is 2.28. The number of nitrogens with zero attached hydrogens (tertiary/aromatic N) is 5. The minimum Gasteiger partial charge on any atom is -0.341 e. The summed E-state index contributed by atoms with van der Waals surface area (Å²) in [6, 6.07) is 11.5. The molecule has 3 heterocycles. The Bertz CT molecular complexity index is 1390. The molecule has 0 spiro atoms. The first-order valence-electron chi connectivity index (χ1n) is 11.2. The average Bonchev–Trinajstić information content (AvgIpc) is 3.52. The number of benzene rings is 2. The van der Waals surface area contributed by atoms with Crippen molar-refractivity contribution in [3.63, 3.8) is 0 Å². The van der Waals surface area contributed by atoms with Crippen LogP contribution in [0.5, 0.6) is 0 Å². The Morgan fingerprint density at radius 1 is 1.14 bits per heavy atom. The van der Waals surface area contributed by atoms with Crippen LogP contribution in [0.2, 0.25) is 0 Å². The first-order valence-corrected chi connectivity index (χ1v) is 11.2. The fourth-order valence-electron chi connectivity index (χ4n) is 4.17. The molecule has 2 amide bonds. The van der Waals surface area contributed by atoms with Crippen LogP contribution in [-0.4, -0.2) is 62.8 Å². The van der Waals surface area contributed by atoms with Crippen molar-refractivity contribution in [1.82, 2.24) is 24.8 Å². The van der Waals surface area contributed by atoms with E-state index >= 15 is 0 Å². The number of carbonyl (C=O) groups excluding carboxylic acids is 2. The summed E-state index contributed by atoms with van der Waals surface area (Å²) in [6.45, 7) is 3.00. The number of rotatable bonds is 5. The van der Waals surface area contributed by atoms with E-state index in [2.05, 4.69) is 30.2 Å². The summed E-state index contributed by atoms with van der Waals surface area (Å²) in [5, 5.41) is 2.83. The van der Waals surface area contributed by atoms with Gasteiger partial charge in [-0.25, -0.2) is 14.4 Å². The predicted molar refractivity (Wildman–Crippen MR) is 131 cm³/mol. The van der Waals surface area contributed by atoms with E-state index < -0.39 is 5.91 Å². The van der Waals surface area contributed by atoms with Crippen LogP contribution in [0.4, 0.5) is 16.0 Å². The summed E-state index contributed by atoms with van der Waals surface area (Å²) in [6.07, 6.45) is 3.76. The molecule has 4 aromatic rings. The highest BCUT2D eigenvalue weighted by Crippen LogP contribution is 2.24. The van der Waals surface area contributed by atoms with E-state index in [-0.39, 0.29) is 23.5 Å². The maximum atomic E-state index is 13.1. The Labute approximate surface area is 201 Å². The second-order valence-corrected chi connectivity index (χ2v) is 8.56. The Hall–Kier alpha value is -4.34. The van der Waals surface area contributed by atoms with Crippen molar-refractivity contribution >= 4 is 34.5 Å². The Morgan fingerprint density at radius 2 is 1.94 bits per heavy atom. The van der Waals surface area contributed by atoms with E-state index in [9.17, 15) is 14.0 Å². The number of anilines is 2. The van der Waals surface area contributed by atoms with Gasteiger partial charge in [0.2, 0.25) is 11.9 Å². The van der Waals surface area contributed by atoms with Gasteiger partial charge in [-0.1, -0.05) is 0 Å². The number of H-pyrrole nitrogens is 1. The predicted octanol–water partition coefficient (Wildman–Crippen LogP) is 3.47. The van der Waals surface area contributed by atoms with E-state index in [0.29, 0.717) is 29.4 Å². The lowest BCUT2D eigenvalue weighted by molar-refractivity contribution is -0.127. The SMILES string of the molecule is CC(=O)N1CCC(N(C)c2nc3ccc(NC(=O)c4cnc(-c5ccc(F)cc5)cn4)cc3[nH]2)C1. The zero-order valence-corrected chi connectivity index (χ0v) is 19.3. The van der Waals surface area contributed by atoms with Gasteiger partial charge in [-0.3, -0.25) is 14.6 Å². The number of hydrogen-bond acceptors (Lipinski definition) is 6. The van der Waals surface area contributed by atoms with E-state index in [1.807, 2.05) is 24.1 Å². The third kappa shape index (κ3) is 4.68. The molecular formula is C25H24FN7O2. The van der Waals surface area contributed by atoms with Crippen molar-refractivity contribution in [2.45, 2.75) is 19.4 Å². The average molecular weight is 474 g/mol. The minimum absolute atomic E-state index is 0.0840. The maximum absolute atomic E-state index is 13.1. The van der Waals surface area contributed by atoms with Gasteiger partial charge in [-0.15, -0.1) is 0 Å². The third-order valence-electron chi connectivity index (χ3n) is 6.24. The molecule has 0 aliphatic carbocycles. The molecule has 35 heavy (non-hydrogen) atoms. The molecule has 0 radical (unpaired) electrons. The fourth-order valence-corrected chi connectivity index (χ4v) is 4.17. The molecule has 1 atom stereocenters. The van der Waals surface area contributed by atoms with Gasteiger partial charge in [0.05, 0.1) is 35.2 Å². The molecule has 1 fully saturated rings. The highest BCUT2D eigenvalue weighted by atomic mass is 19.1. The number of fused-ring (bicyclic) bond motifs is 1. The molecule has 10 heteroatoms. The number of hydrogen-bond donors (Lipinski definition) is 2. The number of imidazole rings is 1. The zero-order chi connectivity index (χ0) is 24.5. The molecule has 2 aromatic carbocycles. The fraction of sp³-hybridized carbons (Fsp3) is 0.240. The van der Waals surface area contributed by atoms with Crippen LogP contribution in [0.15, 0.2) is 54.9 Å². The molecular weight excluding hydrogens is 449 g/mol. The molecule has 5 rings (SSSR count). The smallest absolute Gasteiger partial charge is 0.275 e. The summed E-state index contributed by atoms with van der Waals surface area (Å²) in [4.78, 5) is 44.7. The quantitative estimate of drug-likeness (QED) is 0.460. The number of nitrogens with one attached hydrogen (secondary N) is 2. The molecule has 1 aliphatic rings. The molecule has 1 unspecified atom stereocenters. The number of amides is 2. The van der Waals surface area contributed by atoms with Gasteiger partial charge < -0.3 is 20.1 Å². The molecule has 1 saturated heterocycles. The van der Waals surface area contributed by atoms with Crippen LogP contribution in [0.1, 0.15) is 23.8 Å². The largest absolute Gasteiger partial charge is 0.341 e. The molecule has 2 N–H and O–H groups in total. The highest BCUT2D eigenvalue weighted by molar-refractivity contribution is 6.03. The van der Waals surface area contributed by atoms with Crippen molar-refractivity contribution in [2.75, 3.05) is 30.4 Å². The first kappa shape index (κ1) is 22.5. The van der Waals surface area contributed by atoms with Crippen molar-refractivity contribution in [1.29, 1.82) is 0 Å². The molecule has 178 valence electrons. The van der Waals surface area contributed by atoms with Crippen LogP contribution in [0, 0.1) is 5.82 Å². The van der Waals surface area contributed by atoms with Crippen molar-refractivity contribution in [3.8, 4) is 11.3 Å². The summed E-state index contributed by atoms with van der Waals surface area (Å²) in [5.41, 5.74) is 3.57. The lowest BCUT2D eigenvalue weighted by atomic mass is 10.1. The Balaban J connectivity index is 1.27. The summed E-state index contributed by atoms with van der Waals surface area (Å²) >= 11 is 0. The van der Waals surface area contributed by atoms with Crippen LogP contribution < -0.4 is 10.2 Å². The zero-order valence-electron chi connectivity index (χ0n) is 19.3. The van der Waals surface area contributed by atoms with Gasteiger partial charge in [0.15, 0.2) is 0 Å². The van der Waals surface area contributed by atoms with E-state index in [1.165, 1.54) is 24.5 Å². The summed E-state index contributed by atoms with van der Waals surface area (Å²) < 4.78 is 13.1. The second kappa shape index (κ2) is 9.13. The lowest BCUT2D eigenvalue weighted by Crippen LogP contribution is -2.36. The number of aromatic nitrogens is 4. The molecule has 9 nitrogen and oxygen atoms in total.